The van der Waals surface area contributed by atoms with Crippen LogP contribution in [0.15, 0.2) is 24.3 Å². The van der Waals surface area contributed by atoms with Crippen molar-refractivity contribution >= 4 is 5.78 Å². The van der Waals surface area contributed by atoms with Crippen LogP contribution in [0.4, 0.5) is 0 Å². The number of hydrogen-bond acceptors (Lipinski definition) is 2. The van der Waals surface area contributed by atoms with E-state index in [1.807, 2.05) is 27.7 Å². The fourth-order valence-electron chi connectivity index (χ4n) is 0.771. The van der Waals surface area contributed by atoms with Crippen molar-refractivity contribution in [3.8, 4) is 5.75 Å². The van der Waals surface area contributed by atoms with Crippen LogP contribution < -0.4 is 0 Å². The molecule has 0 fully saturated rings. The number of aromatic hydroxyl groups is 1. The number of phenolic OH excluding ortho intramolecular Hbond substituents is 1. The van der Waals surface area contributed by atoms with Crippen molar-refractivity contribution in [3.05, 3.63) is 29.8 Å². The Bertz CT molecular complexity index is 254. The lowest BCUT2D eigenvalue weighted by Gasteiger charge is -1.96. The molecule has 0 bridgehead atoms. The van der Waals surface area contributed by atoms with Gasteiger partial charge in [-0.15, -0.1) is 0 Å². The molecule has 80 valence electrons. The third-order valence-corrected chi connectivity index (χ3v) is 1.28. The molecule has 1 aromatic rings. The second-order valence-corrected chi connectivity index (χ2v) is 2.07. The molecule has 2 nitrogen and oxygen atoms in total. The summed E-state index contributed by atoms with van der Waals surface area (Å²) in [5, 5.41) is 9.06. The molecule has 0 aliphatic heterocycles. The number of hydrogen-bond donors (Lipinski definition) is 1. The Labute approximate surface area is 86.6 Å². The highest BCUT2D eigenvalue weighted by Gasteiger charge is 2.02. The summed E-state index contributed by atoms with van der Waals surface area (Å²) in [5.41, 5.74) is 0.377. The van der Waals surface area contributed by atoms with Gasteiger partial charge in [-0.3, -0.25) is 4.79 Å². The van der Waals surface area contributed by atoms with Crippen LogP contribution in [0, 0.1) is 0 Å². The van der Waals surface area contributed by atoms with Crippen LogP contribution in [-0.2, 0) is 0 Å². The number of rotatable bonds is 1. The Morgan fingerprint density at radius 3 is 1.79 bits per heavy atom. The van der Waals surface area contributed by atoms with Crippen molar-refractivity contribution in [3.63, 3.8) is 0 Å². The third-order valence-electron chi connectivity index (χ3n) is 1.28. The van der Waals surface area contributed by atoms with Crippen LogP contribution in [0.1, 0.15) is 45.0 Å². The van der Waals surface area contributed by atoms with E-state index >= 15 is 0 Å². The van der Waals surface area contributed by atoms with Gasteiger partial charge in [-0.05, 0) is 19.1 Å². The van der Waals surface area contributed by atoms with Gasteiger partial charge in [0, 0.05) is 0 Å². The van der Waals surface area contributed by atoms with Gasteiger partial charge in [0.25, 0.3) is 0 Å². The van der Waals surface area contributed by atoms with Gasteiger partial charge in [-0.25, -0.2) is 0 Å². The molecule has 0 aliphatic rings. The number of Topliss-reactive ketones (excluding diaryl/α,β-unsaturated/α-hetero) is 1. The molecule has 1 rings (SSSR count). The van der Waals surface area contributed by atoms with Crippen LogP contribution in [0.2, 0.25) is 0 Å². The lowest BCUT2D eigenvalue weighted by atomic mass is 10.1. The average molecular weight is 196 g/mol. The SMILES string of the molecule is CC.CC.CC(=O)c1ccccc1O. The summed E-state index contributed by atoms with van der Waals surface area (Å²) in [5.74, 6) is -0.0619. The highest BCUT2D eigenvalue weighted by Crippen LogP contribution is 2.15. The van der Waals surface area contributed by atoms with Crippen LogP contribution in [-0.4, -0.2) is 10.9 Å². The standard InChI is InChI=1S/C8H8O2.2C2H6/c1-6(9)7-4-2-3-5-8(7)10;2*1-2/h2-5,10H,1H3;2*1-2H3. The maximum atomic E-state index is 10.7. The minimum absolute atomic E-state index is 0.0509. The molecule has 2 heteroatoms. The summed E-state index contributed by atoms with van der Waals surface area (Å²) < 4.78 is 0. The Hall–Kier alpha value is -1.31. The lowest BCUT2D eigenvalue weighted by molar-refractivity contribution is 0.101. The summed E-state index contributed by atoms with van der Waals surface area (Å²) in [6.07, 6.45) is 0. The molecule has 14 heavy (non-hydrogen) atoms. The van der Waals surface area contributed by atoms with Crippen LogP contribution >= 0.6 is 0 Å². The molecule has 0 unspecified atom stereocenters. The molecule has 1 N–H and O–H groups in total. The molecule has 0 spiro atoms. The van der Waals surface area contributed by atoms with E-state index < -0.39 is 0 Å². The monoisotopic (exact) mass is 196 g/mol. The van der Waals surface area contributed by atoms with Crippen molar-refractivity contribution in [1.29, 1.82) is 0 Å². The summed E-state index contributed by atoms with van der Waals surface area (Å²) >= 11 is 0. The van der Waals surface area contributed by atoms with E-state index in [0.717, 1.165) is 0 Å². The highest BCUT2D eigenvalue weighted by molar-refractivity contribution is 5.96. The maximum absolute atomic E-state index is 10.7. The quantitative estimate of drug-likeness (QED) is 0.696. The number of carbonyl (C=O) groups is 1. The van der Waals surface area contributed by atoms with Crippen LogP contribution in [0.3, 0.4) is 0 Å². The number of benzene rings is 1. The normalized spacial score (nSPS) is 7.50. The van der Waals surface area contributed by atoms with Gasteiger partial charge in [-0.1, -0.05) is 39.8 Å². The topological polar surface area (TPSA) is 37.3 Å². The first kappa shape index (κ1) is 15.2. The molecule has 0 amide bonds. The summed E-state index contributed by atoms with van der Waals surface area (Å²) in [6, 6.07) is 6.49. The molecular weight excluding hydrogens is 176 g/mol. The first-order chi connectivity index (χ1) is 6.72. The zero-order chi connectivity index (χ0) is 11.6. The van der Waals surface area contributed by atoms with E-state index in [1.54, 1.807) is 18.2 Å². The van der Waals surface area contributed by atoms with E-state index in [-0.39, 0.29) is 11.5 Å². The van der Waals surface area contributed by atoms with Gasteiger partial charge in [0.05, 0.1) is 5.56 Å². The lowest BCUT2D eigenvalue weighted by Crippen LogP contribution is -1.90. The van der Waals surface area contributed by atoms with Gasteiger partial charge in [0.15, 0.2) is 5.78 Å². The third kappa shape index (κ3) is 5.36. The van der Waals surface area contributed by atoms with Crippen molar-refractivity contribution in [2.75, 3.05) is 0 Å². The first-order valence-corrected chi connectivity index (χ1v) is 5.01. The highest BCUT2D eigenvalue weighted by atomic mass is 16.3. The molecule has 0 atom stereocenters. The second kappa shape index (κ2) is 9.78. The van der Waals surface area contributed by atoms with Crippen molar-refractivity contribution in [1.82, 2.24) is 0 Å². The predicted molar refractivity (Wildman–Crippen MR) is 60.8 cm³/mol. The number of para-hydroxylation sites is 1. The van der Waals surface area contributed by atoms with E-state index in [0.29, 0.717) is 5.56 Å². The minimum Gasteiger partial charge on any atom is -0.507 e. The Morgan fingerprint density at radius 1 is 1.07 bits per heavy atom. The molecule has 1 aromatic carbocycles. The van der Waals surface area contributed by atoms with Gasteiger partial charge in [0.2, 0.25) is 0 Å². The predicted octanol–water partition coefficient (Wildman–Crippen LogP) is 3.65. The van der Waals surface area contributed by atoms with Gasteiger partial charge >= 0.3 is 0 Å². The zero-order valence-corrected chi connectivity index (χ0v) is 9.66. The summed E-state index contributed by atoms with van der Waals surface area (Å²) in [6.45, 7) is 9.43. The Morgan fingerprint density at radius 2 is 1.50 bits per heavy atom. The summed E-state index contributed by atoms with van der Waals surface area (Å²) in [4.78, 5) is 10.7. The van der Waals surface area contributed by atoms with Crippen molar-refractivity contribution in [2.24, 2.45) is 0 Å². The molecular formula is C12H20O2. The fourth-order valence-corrected chi connectivity index (χ4v) is 0.771. The van der Waals surface area contributed by atoms with Crippen LogP contribution in [0.25, 0.3) is 0 Å². The molecule has 0 heterocycles. The molecule has 0 radical (unpaired) electrons. The second-order valence-electron chi connectivity index (χ2n) is 2.07. The smallest absolute Gasteiger partial charge is 0.163 e. The number of phenols is 1. The fraction of sp³-hybridized carbons (Fsp3) is 0.417. The summed E-state index contributed by atoms with van der Waals surface area (Å²) in [7, 11) is 0. The zero-order valence-electron chi connectivity index (χ0n) is 9.66. The molecule has 0 aliphatic carbocycles. The van der Waals surface area contributed by atoms with Gasteiger partial charge < -0.3 is 5.11 Å². The first-order valence-electron chi connectivity index (χ1n) is 5.01. The van der Waals surface area contributed by atoms with E-state index in [2.05, 4.69) is 0 Å². The molecule has 0 saturated carbocycles. The largest absolute Gasteiger partial charge is 0.507 e. The number of ketones is 1. The molecule has 0 saturated heterocycles. The number of carbonyl (C=O) groups excluding carboxylic acids is 1. The van der Waals surface area contributed by atoms with Crippen molar-refractivity contribution in [2.45, 2.75) is 34.6 Å². The maximum Gasteiger partial charge on any atom is 0.163 e. The Balaban J connectivity index is 0. The van der Waals surface area contributed by atoms with Gasteiger partial charge in [-0.2, -0.15) is 0 Å². The van der Waals surface area contributed by atoms with Crippen LogP contribution in [0.5, 0.6) is 5.75 Å². The van der Waals surface area contributed by atoms with E-state index in [4.69, 9.17) is 5.11 Å². The van der Waals surface area contributed by atoms with Crippen molar-refractivity contribution < 1.29 is 9.90 Å². The van der Waals surface area contributed by atoms with E-state index in [9.17, 15) is 4.79 Å². The van der Waals surface area contributed by atoms with Gasteiger partial charge in [0.1, 0.15) is 5.75 Å². The molecule has 0 aromatic heterocycles. The average Bonchev–Trinajstić information content (AvgIpc) is 2.24. The minimum atomic E-state index is -0.113. The Kier molecular flexibility index (Phi) is 10.6. The van der Waals surface area contributed by atoms with E-state index in [1.165, 1.54) is 13.0 Å².